The van der Waals surface area contributed by atoms with Crippen molar-refractivity contribution in [2.75, 3.05) is 25.0 Å². The third kappa shape index (κ3) is 5.27. The van der Waals surface area contributed by atoms with E-state index in [0.29, 0.717) is 17.5 Å². The molecule has 0 atom stereocenters. The molecule has 9 nitrogen and oxygen atoms in total. The van der Waals surface area contributed by atoms with E-state index < -0.39 is 15.8 Å². The molecule has 3 rings (SSSR count). The Hall–Kier alpha value is -3.05. The van der Waals surface area contributed by atoms with Crippen LogP contribution in [-0.2, 0) is 10.0 Å². The summed E-state index contributed by atoms with van der Waals surface area (Å²) in [6.07, 6.45) is 3.40. The highest BCUT2D eigenvalue weighted by Crippen LogP contribution is 2.21. The van der Waals surface area contributed by atoms with Crippen LogP contribution in [0.5, 0.6) is 5.75 Å². The standard InChI is InChI=1S/C18H21FN6O3S/c1-3-28-16-6-5-14(11-15(16)19)29(26,27)22-9-8-20-17-12-18(24-13(2)23-17)25-10-4-7-21-25/h4-7,10-12,22H,3,8-9H2,1-2H3,(H,20,23,24). The Morgan fingerprint density at radius 2 is 2.03 bits per heavy atom. The number of halogens is 1. The largest absolute Gasteiger partial charge is 0.491 e. The van der Waals surface area contributed by atoms with Gasteiger partial charge in [-0.2, -0.15) is 5.10 Å². The molecule has 11 heteroatoms. The van der Waals surface area contributed by atoms with E-state index in [-0.39, 0.29) is 30.3 Å². The lowest BCUT2D eigenvalue weighted by Gasteiger charge is -2.11. The number of nitrogens with one attached hydrogen (secondary N) is 2. The Morgan fingerprint density at radius 1 is 1.21 bits per heavy atom. The lowest BCUT2D eigenvalue weighted by molar-refractivity contribution is 0.321. The molecule has 29 heavy (non-hydrogen) atoms. The van der Waals surface area contributed by atoms with Crippen molar-refractivity contribution in [3.8, 4) is 11.6 Å². The quantitative estimate of drug-likeness (QED) is 0.509. The fourth-order valence-electron chi connectivity index (χ4n) is 2.54. The van der Waals surface area contributed by atoms with Crippen LogP contribution in [0, 0.1) is 12.7 Å². The third-order valence-electron chi connectivity index (χ3n) is 3.80. The van der Waals surface area contributed by atoms with Crippen LogP contribution in [0.15, 0.2) is 47.6 Å². The Bertz CT molecular complexity index is 1070. The number of sulfonamides is 1. The van der Waals surface area contributed by atoms with Gasteiger partial charge in [0.2, 0.25) is 10.0 Å². The van der Waals surface area contributed by atoms with E-state index >= 15 is 0 Å². The van der Waals surface area contributed by atoms with Crippen molar-refractivity contribution in [3.05, 3.63) is 54.4 Å². The molecule has 2 heterocycles. The summed E-state index contributed by atoms with van der Waals surface area (Å²) in [5.74, 6) is 0.964. The average molecular weight is 420 g/mol. The molecule has 0 amide bonds. The molecule has 0 bridgehead atoms. The van der Waals surface area contributed by atoms with Crippen molar-refractivity contribution in [3.63, 3.8) is 0 Å². The maximum Gasteiger partial charge on any atom is 0.240 e. The zero-order chi connectivity index (χ0) is 20.9. The molecule has 0 aliphatic heterocycles. The molecule has 3 aromatic rings. The zero-order valence-corrected chi connectivity index (χ0v) is 16.8. The molecule has 2 aromatic heterocycles. The molecule has 154 valence electrons. The van der Waals surface area contributed by atoms with Gasteiger partial charge in [-0.1, -0.05) is 0 Å². The van der Waals surface area contributed by atoms with Gasteiger partial charge in [0.1, 0.15) is 11.6 Å². The van der Waals surface area contributed by atoms with Crippen LogP contribution >= 0.6 is 0 Å². The average Bonchev–Trinajstić information content (AvgIpc) is 3.21. The van der Waals surface area contributed by atoms with Crippen molar-refractivity contribution < 1.29 is 17.5 Å². The van der Waals surface area contributed by atoms with Crippen LogP contribution in [0.2, 0.25) is 0 Å². The number of rotatable bonds is 9. The van der Waals surface area contributed by atoms with E-state index in [2.05, 4.69) is 25.1 Å². The summed E-state index contributed by atoms with van der Waals surface area (Å²) in [5, 5.41) is 7.16. The summed E-state index contributed by atoms with van der Waals surface area (Å²) >= 11 is 0. The maximum absolute atomic E-state index is 13.9. The Kier molecular flexibility index (Phi) is 6.39. The van der Waals surface area contributed by atoms with Crippen molar-refractivity contribution in [2.24, 2.45) is 0 Å². The van der Waals surface area contributed by atoms with Crippen LogP contribution in [0.3, 0.4) is 0 Å². The van der Waals surface area contributed by atoms with Crippen LogP contribution in [0.25, 0.3) is 5.82 Å². The topological polar surface area (TPSA) is 111 Å². The number of ether oxygens (including phenoxy) is 1. The first-order valence-corrected chi connectivity index (χ1v) is 10.4. The number of aryl methyl sites for hydroxylation is 1. The second-order valence-corrected chi connectivity index (χ2v) is 7.73. The van der Waals surface area contributed by atoms with Gasteiger partial charge in [0.25, 0.3) is 0 Å². The van der Waals surface area contributed by atoms with E-state index in [1.807, 2.05) is 0 Å². The van der Waals surface area contributed by atoms with Crippen molar-refractivity contribution in [2.45, 2.75) is 18.7 Å². The lowest BCUT2D eigenvalue weighted by Crippen LogP contribution is -2.29. The SMILES string of the molecule is CCOc1ccc(S(=O)(=O)NCCNc2cc(-n3cccn3)nc(C)n2)cc1F. The summed E-state index contributed by atoms with van der Waals surface area (Å²) in [7, 11) is -3.85. The maximum atomic E-state index is 13.9. The normalized spacial score (nSPS) is 11.4. The number of hydrogen-bond donors (Lipinski definition) is 2. The van der Waals surface area contributed by atoms with E-state index in [1.54, 1.807) is 43.1 Å². The molecule has 1 aromatic carbocycles. The highest BCUT2D eigenvalue weighted by atomic mass is 32.2. The first-order chi connectivity index (χ1) is 13.9. The van der Waals surface area contributed by atoms with Crippen molar-refractivity contribution >= 4 is 15.8 Å². The molecular formula is C18H21FN6O3S. The van der Waals surface area contributed by atoms with Gasteiger partial charge in [0.05, 0.1) is 11.5 Å². The highest BCUT2D eigenvalue weighted by molar-refractivity contribution is 7.89. The first kappa shape index (κ1) is 20.7. The summed E-state index contributed by atoms with van der Waals surface area (Å²) in [4.78, 5) is 8.41. The molecule has 0 saturated heterocycles. The molecular weight excluding hydrogens is 399 g/mol. The Morgan fingerprint density at radius 3 is 2.72 bits per heavy atom. The summed E-state index contributed by atoms with van der Waals surface area (Å²) in [6.45, 7) is 4.11. The molecule has 0 radical (unpaired) electrons. The van der Waals surface area contributed by atoms with Crippen LogP contribution < -0.4 is 14.8 Å². The lowest BCUT2D eigenvalue weighted by atomic mass is 10.3. The van der Waals surface area contributed by atoms with Crippen molar-refractivity contribution in [1.29, 1.82) is 0 Å². The summed E-state index contributed by atoms with van der Waals surface area (Å²) < 4.78 is 47.7. The number of hydrogen-bond acceptors (Lipinski definition) is 7. The van der Waals surface area contributed by atoms with Gasteiger partial charge >= 0.3 is 0 Å². The van der Waals surface area contributed by atoms with Crippen LogP contribution in [-0.4, -0.2) is 47.9 Å². The summed E-state index contributed by atoms with van der Waals surface area (Å²) in [5.41, 5.74) is 0. The molecule has 0 spiro atoms. The summed E-state index contributed by atoms with van der Waals surface area (Å²) in [6, 6.07) is 7.02. The molecule has 0 unspecified atom stereocenters. The third-order valence-corrected chi connectivity index (χ3v) is 5.26. The minimum Gasteiger partial charge on any atom is -0.491 e. The Balaban J connectivity index is 1.59. The van der Waals surface area contributed by atoms with Crippen LogP contribution in [0.1, 0.15) is 12.7 Å². The van der Waals surface area contributed by atoms with Gasteiger partial charge in [0.15, 0.2) is 17.4 Å². The van der Waals surface area contributed by atoms with Gasteiger partial charge in [-0.3, -0.25) is 0 Å². The van der Waals surface area contributed by atoms with Crippen LogP contribution in [0.4, 0.5) is 10.2 Å². The molecule has 2 N–H and O–H groups in total. The van der Waals surface area contributed by atoms with Gasteiger partial charge < -0.3 is 10.1 Å². The molecule has 0 saturated carbocycles. The fourth-order valence-corrected chi connectivity index (χ4v) is 3.59. The van der Waals surface area contributed by atoms with Gasteiger partial charge in [-0.15, -0.1) is 0 Å². The second-order valence-electron chi connectivity index (χ2n) is 5.96. The van der Waals surface area contributed by atoms with E-state index in [0.717, 1.165) is 6.07 Å². The predicted molar refractivity (Wildman–Crippen MR) is 105 cm³/mol. The fraction of sp³-hybridized carbons (Fsp3) is 0.278. The van der Waals surface area contributed by atoms with Crippen molar-refractivity contribution in [1.82, 2.24) is 24.5 Å². The van der Waals surface area contributed by atoms with E-state index in [9.17, 15) is 12.8 Å². The van der Waals surface area contributed by atoms with Gasteiger partial charge in [0, 0.05) is 31.5 Å². The monoisotopic (exact) mass is 420 g/mol. The number of aromatic nitrogens is 4. The number of anilines is 1. The molecule has 0 fully saturated rings. The minimum atomic E-state index is -3.85. The molecule has 0 aliphatic rings. The van der Waals surface area contributed by atoms with E-state index in [1.165, 1.54) is 12.1 Å². The van der Waals surface area contributed by atoms with Gasteiger partial charge in [-0.05, 0) is 38.1 Å². The minimum absolute atomic E-state index is 0.0141. The Labute approximate surface area is 168 Å². The number of nitrogens with zero attached hydrogens (tertiary/aromatic N) is 4. The van der Waals surface area contributed by atoms with Gasteiger partial charge in [-0.25, -0.2) is 32.2 Å². The highest BCUT2D eigenvalue weighted by Gasteiger charge is 2.16. The second kappa shape index (κ2) is 8.97. The first-order valence-electron chi connectivity index (χ1n) is 8.90. The smallest absolute Gasteiger partial charge is 0.240 e. The number of benzene rings is 1. The zero-order valence-electron chi connectivity index (χ0n) is 16.0. The molecule has 0 aliphatic carbocycles. The predicted octanol–water partition coefficient (Wildman–Crippen LogP) is 1.90. The van der Waals surface area contributed by atoms with E-state index in [4.69, 9.17) is 4.74 Å².